The van der Waals surface area contributed by atoms with Gasteiger partial charge in [0.05, 0.1) is 6.42 Å². The number of halogens is 1. The minimum Gasteiger partial charge on any atom is -0.335 e. The highest BCUT2D eigenvalue weighted by atomic mass is 35.5. The van der Waals surface area contributed by atoms with E-state index in [1.165, 1.54) is 0 Å². The average molecular weight is 290 g/mol. The summed E-state index contributed by atoms with van der Waals surface area (Å²) in [6, 6.07) is 0. The zero-order valence-electron chi connectivity index (χ0n) is 10.8. The number of rotatable bonds is 4. The third kappa shape index (κ3) is 2.53. The Hall–Kier alpha value is -2.28. The molecule has 0 saturated heterocycles. The molecular weight excluding hydrogens is 278 g/mol. The molecule has 8 heteroatoms. The highest BCUT2D eigenvalue weighted by molar-refractivity contribution is 6.28. The SMILES string of the molecule is CCn1ccnc1Cc1nc(Cl)nc(-n2ccnc2)n1. The van der Waals surface area contributed by atoms with Crippen molar-refractivity contribution >= 4 is 11.6 Å². The molecule has 0 unspecified atom stereocenters. The topological polar surface area (TPSA) is 74.3 Å². The van der Waals surface area contributed by atoms with Gasteiger partial charge in [0, 0.05) is 31.3 Å². The number of hydrogen-bond acceptors (Lipinski definition) is 5. The van der Waals surface area contributed by atoms with Gasteiger partial charge in [-0.2, -0.15) is 9.97 Å². The minimum absolute atomic E-state index is 0.160. The van der Waals surface area contributed by atoms with Gasteiger partial charge in [0.15, 0.2) is 0 Å². The summed E-state index contributed by atoms with van der Waals surface area (Å²) >= 11 is 5.96. The van der Waals surface area contributed by atoms with Gasteiger partial charge in [0.2, 0.25) is 11.2 Å². The van der Waals surface area contributed by atoms with E-state index in [1.807, 2.05) is 10.8 Å². The predicted octanol–water partition coefficient (Wildman–Crippen LogP) is 1.52. The van der Waals surface area contributed by atoms with Crippen LogP contribution in [-0.2, 0) is 13.0 Å². The minimum atomic E-state index is 0.160. The van der Waals surface area contributed by atoms with Crippen LogP contribution in [0.25, 0.3) is 5.95 Å². The molecule has 3 heterocycles. The van der Waals surface area contributed by atoms with E-state index in [0.29, 0.717) is 18.2 Å². The van der Waals surface area contributed by atoms with Gasteiger partial charge in [-0.15, -0.1) is 0 Å². The van der Waals surface area contributed by atoms with E-state index >= 15 is 0 Å². The summed E-state index contributed by atoms with van der Waals surface area (Å²) in [5.74, 6) is 1.92. The Morgan fingerprint density at radius 3 is 2.80 bits per heavy atom. The first-order valence-corrected chi connectivity index (χ1v) is 6.53. The fourth-order valence-electron chi connectivity index (χ4n) is 1.89. The quantitative estimate of drug-likeness (QED) is 0.728. The summed E-state index contributed by atoms with van der Waals surface area (Å²) in [6.07, 6.45) is 9.21. The number of hydrogen-bond donors (Lipinski definition) is 0. The summed E-state index contributed by atoms with van der Waals surface area (Å²) in [7, 11) is 0. The molecule has 0 saturated carbocycles. The van der Waals surface area contributed by atoms with Crippen molar-refractivity contribution in [3.05, 3.63) is 48.0 Å². The average Bonchev–Trinajstić information content (AvgIpc) is 3.08. The molecule has 0 N–H and O–H groups in total. The third-order valence-corrected chi connectivity index (χ3v) is 3.01. The molecule has 0 radical (unpaired) electrons. The Kier molecular flexibility index (Phi) is 3.42. The molecular formula is C12H12ClN7. The summed E-state index contributed by atoms with van der Waals surface area (Å²) in [5.41, 5.74) is 0. The smallest absolute Gasteiger partial charge is 0.239 e. The summed E-state index contributed by atoms with van der Waals surface area (Å²) in [6.45, 7) is 2.91. The highest BCUT2D eigenvalue weighted by Gasteiger charge is 2.10. The molecule has 0 aliphatic rings. The van der Waals surface area contributed by atoms with Gasteiger partial charge >= 0.3 is 0 Å². The normalized spacial score (nSPS) is 10.9. The summed E-state index contributed by atoms with van der Waals surface area (Å²) in [5, 5.41) is 0.160. The van der Waals surface area contributed by atoms with Crippen molar-refractivity contribution < 1.29 is 0 Å². The van der Waals surface area contributed by atoms with Crippen LogP contribution in [0, 0.1) is 0 Å². The molecule has 3 rings (SSSR count). The van der Waals surface area contributed by atoms with E-state index in [1.54, 1.807) is 29.5 Å². The second-order valence-corrected chi connectivity index (χ2v) is 4.43. The van der Waals surface area contributed by atoms with Crippen LogP contribution in [-0.4, -0.2) is 34.1 Å². The van der Waals surface area contributed by atoms with Crippen molar-refractivity contribution in [2.45, 2.75) is 19.9 Å². The molecule has 0 amide bonds. The predicted molar refractivity (Wildman–Crippen MR) is 72.7 cm³/mol. The standard InChI is InChI=1S/C12H12ClN7/c1-2-19-6-4-15-10(19)7-9-16-11(13)18-12(17-9)20-5-3-14-8-20/h3-6,8H,2,7H2,1H3. The van der Waals surface area contributed by atoms with Crippen LogP contribution < -0.4 is 0 Å². The zero-order valence-corrected chi connectivity index (χ0v) is 11.6. The molecule has 0 aliphatic carbocycles. The van der Waals surface area contributed by atoms with Crippen LogP contribution in [0.2, 0.25) is 5.28 Å². The Bertz CT molecular complexity index is 704. The molecule has 102 valence electrons. The lowest BCUT2D eigenvalue weighted by molar-refractivity contribution is 0.698. The number of imidazole rings is 2. The fraction of sp³-hybridized carbons (Fsp3) is 0.250. The molecule has 0 aromatic carbocycles. The molecule has 0 fully saturated rings. The van der Waals surface area contributed by atoms with Gasteiger partial charge in [-0.25, -0.2) is 15.0 Å². The maximum Gasteiger partial charge on any atom is 0.239 e. The van der Waals surface area contributed by atoms with Crippen LogP contribution in [0.1, 0.15) is 18.6 Å². The van der Waals surface area contributed by atoms with Crippen LogP contribution in [0.4, 0.5) is 0 Å². The number of aryl methyl sites for hydroxylation is 1. The van der Waals surface area contributed by atoms with Gasteiger partial charge < -0.3 is 4.57 Å². The lowest BCUT2D eigenvalue weighted by Gasteiger charge is -2.06. The first-order valence-electron chi connectivity index (χ1n) is 6.15. The third-order valence-electron chi connectivity index (χ3n) is 2.84. The van der Waals surface area contributed by atoms with Gasteiger partial charge in [0.1, 0.15) is 18.0 Å². The molecule has 20 heavy (non-hydrogen) atoms. The van der Waals surface area contributed by atoms with Gasteiger partial charge in [-0.1, -0.05) is 0 Å². The first kappa shape index (κ1) is 12.7. The van der Waals surface area contributed by atoms with Gasteiger partial charge in [-0.05, 0) is 18.5 Å². The van der Waals surface area contributed by atoms with Crippen molar-refractivity contribution in [1.82, 2.24) is 34.1 Å². The molecule has 0 spiro atoms. The summed E-state index contributed by atoms with van der Waals surface area (Å²) < 4.78 is 3.72. The van der Waals surface area contributed by atoms with Crippen LogP contribution >= 0.6 is 11.6 Å². The fourth-order valence-corrected chi connectivity index (χ4v) is 2.06. The van der Waals surface area contributed by atoms with Crippen molar-refractivity contribution in [1.29, 1.82) is 0 Å². The van der Waals surface area contributed by atoms with Crippen LogP contribution in [0.15, 0.2) is 31.1 Å². The second kappa shape index (κ2) is 5.38. The van der Waals surface area contributed by atoms with E-state index in [-0.39, 0.29) is 5.28 Å². The number of aromatic nitrogens is 7. The Balaban J connectivity index is 1.94. The molecule has 3 aromatic heterocycles. The summed E-state index contributed by atoms with van der Waals surface area (Å²) in [4.78, 5) is 20.9. The molecule has 0 atom stereocenters. The second-order valence-electron chi connectivity index (χ2n) is 4.10. The van der Waals surface area contributed by atoms with Crippen molar-refractivity contribution in [2.24, 2.45) is 0 Å². The Morgan fingerprint density at radius 2 is 2.05 bits per heavy atom. The van der Waals surface area contributed by atoms with E-state index in [9.17, 15) is 0 Å². The zero-order chi connectivity index (χ0) is 13.9. The first-order chi connectivity index (χ1) is 9.76. The van der Waals surface area contributed by atoms with E-state index in [4.69, 9.17) is 11.6 Å². The van der Waals surface area contributed by atoms with Gasteiger partial charge in [0.25, 0.3) is 0 Å². The maximum atomic E-state index is 5.96. The maximum absolute atomic E-state index is 5.96. The van der Waals surface area contributed by atoms with E-state index in [2.05, 4.69) is 31.8 Å². The van der Waals surface area contributed by atoms with Crippen molar-refractivity contribution in [3.63, 3.8) is 0 Å². The molecule has 7 nitrogen and oxygen atoms in total. The van der Waals surface area contributed by atoms with E-state index in [0.717, 1.165) is 12.4 Å². The Labute approximate surface area is 120 Å². The van der Waals surface area contributed by atoms with Crippen LogP contribution in [0.3, 0.4) is 0 Å². The number of nitrogens with zero attached hydrogens (tertiary/aromatic N) is 7. The Morgan fingerprint density at radius 1 is 1.15 bits per heavy atom. The highest BCUT2D eigenvalue weighted by Crippen LogP contribution is 2.10. The van der Waals surface area contributed by atoms with Gasteiger partial charge in [-0.3, -0.25) is 4.57 Å². The van der Waals surface area contributed by atoms with Crippen LogP contribution in [0.5, 0.6) is 0 Å². The lowest BCUT2D eigenvalue weighted by atomic mass is 10.4. The molecule has 0 bridgehead atoms. The lowest BCUT2D eigenvalue weighted by Crippen LogP contribution is -2.09. The van der Waals surface area contributed by atoms with Crippen molar-refractivity contribution in [2.75, 3.05) is 0 Å². The molecule has 0 aliphatic heterocycles. The monoisotopic (exact) mass is 289 g/mol. The van der Waals surface area contributed by atoms with E-state index < -0.39 is 0 Å². The molecule has 3 aromatic rings. The van der Waals surface area contributed by atoms with Crippen molar-refractivity contribution in [3.8, 4) is 5.95 Å². The largest absolute Gasteiger partial charge is 0.335 e.